The molecule has 0 spiro atoms. The van der Waals surface area contributed by atoms with Gasteiger partial charge in [0.05, 0.1) is 0 Å². The Balaban J connectivity index is 0.000000608. The van der Waals surface area contributed by atoms with Gasteiger partial charge in [0.15, 0.2) is 0 Å². The van der Waals surface area contributed by atoms with Crippen molar-refractivity contribution >= 4 is 23.2 Å². The molecule has 0 aliphatic heterocycles. The Kier molecular flexibility index (Phi) is 21.2. The molecule has 4 nitrogen and oxygen atoms in total. The minimum Gasteiger partial charge on any atom is -0.376 e. The maximum atomic E-state index is 13.2. The van der Waals surface area contributed by atoms with Gasteiger partial charge >= 0.3 is 21.7 Å². The van der Waals surface area contributed by atoms with E-state index in [0.29, 0.717) is 25.7 Å². The second kappa shape index (κ2) is 23.0. The maximum Gasteiger partial charge on any atom is 4.00 e. The zero-order valence-corrected chi connectivity index (χ0v) is 26.5. The molecule has 0 fully saturated rings. The minimum atomic E-state index is -0.876. The first-order valence-electron chi connectivity index (χ1n) is 13.9. The van der Waals surface area contributed by atoms with Crippen molar-refractivity contribution in [3.05, 3.63) is 120 Å². The number of nitrogens with one attached hydrogen (secondary N) is 2. The van der Waals surface area contributed by atoms with Gasteiger partial charge in [0.25, 0.3) is 0 Å². The summed E-state index contributed by atoms with van der Waals surface area (Å²) in [7, 11) is 0. The molecule has 9 heteroatoms. The predicted molar refractivity (Wildman–Crippen MR) is 160 cm³/mol. The largest absolute Gasteiger partial charge is 4.00 e. The number of hydrogen-bond donors (Lipinski definition) is 2. The van der Waals surface area contributed by atoms with Crippen LogP contribution in [0.25, 0.3) is 0 Å². The molecule has 43 heavy (non-hydrogen) atoms. The molecule has 4 rings (SSSR count). The summed E-state index contributed by atoms with van der Waals surface area (Å²) in [5.74, 6) is -4.10. The van der Waals surface area contributed by atoms with Gasteiger partial charge in [-0.25, -0.2) is 41.8 Å². The molecular formula is C34H38F4N2O2Ti. The fraction of sp³-hybridized carbons (Fsp3) is 0.294. The van der Waals surface area contributed by atoms with E-state index >= 15 is 0 Å². The van der Waals surface area contributed by atoms with E-state index in [9.17, 15) is 27.2 Å². The van der Waals surface area contributed by atoms with Crippen LogP contribution in [0.4, 0.5) is 28.9 Å². The molecule has 2 amide bonds. The molecule has 4 aromatic carbocycles. The van der Waals surface area contributed by atoms with E-state index < -0.39 is 23.3 Å². The quantitative estimate of drug-likeness (QED) is 0.116. The molecule has 0 aliphatic carbocycles. The fourth-order valence-corrected chi connectivity index (χ4v) is 3.51. The van der Waals surface area contributed by atoms with E-state index in [2.05, 4.69) is 10.6 Å². The maximum absolute atomic E-state index is 13.2. The number of amides is 2. The van der Waals surface area contributed by atoms with Gasteiger partial charge in [-0.3, -0.25) is 9.59 Å². The van der Waals surface area contributed by atoms with Crippen molar-refractivity contribution < 1.29 is 48.9 Å². The Bertz CT molecular complexity index is 1140. The van der Waals surface area contributed by atoms with E-state index in [4.69, 9.17) is 0 Å². The van der Waals surface area contributed by atoms with Gasteiger partial charge in [0.2, 0.25) is 11.8 Å². The van der Waals surface area contributed by atoms with E-state index in [-0.39, 0.29) is 56.7 Å². The number of carbonyl (C=O) groups excluding carboxylic acids is 2. The average molecular weight is 631 g/mol. The molecule has 0 bridgehead atoms. The molecule has 0 aliphatic rings. The molecule has 0 atom stereocenters. The van der Waals surface area contributed by atoms with Gasteiger partial charge in [-0.1, -0.05) is 27.7 Å². The second-order valence-corrected chi connectivity index (χ2v) is 9.00. The van der Waals surface area contributed by atoms with Crippen LogP contribution in [0.2, 0.25) is 0 Å². The van der Waals surface area contributed by atoms with Gasteiger partial charge < -0.3 is 10.6 Å². The van der Waals surface area contributed by atoms with Crippen molar-refractivity contribution in [1.82, 2.24) is 0 Å². The summed E-state index contributed by atoms with van der Waals surface area (Å²) in [5, 5.41) is 4.86. The van der Waals surface area contributed by atoms with Gasteiger partial charge in [0.1, 0.15) is 0 Å². The second-order valence-electron chi connectivity index (χ2n) is 9.00. The number of carbonyl (C=O) groups is 2. The van der Waals surface area contributed by atoms with Crippen LogP contribution in [-0.2, 0) is 31.3 Å². The summed E-state index contributed by atoms with van der Waals surface area (Å²) in [6.45, 7) is 7.56. The smallest absolute Gasteiger partial charge is 0.376 e. The van der Waals surface area contributed by atoms with Crippen LogP contribution in [0, 0.1) is 47.2 Å². The Morgan fingerprint density at radius 1 is 0.628 bits per heavy atom. The molecule has 4 aromatic rings. The SMILES string of the molecule is CCC(CC)C(=O)Nc1ccc(F)[c-]c1F.CCC(CC)C(=O)Nc1ccc(F)[c-]c1F.[Ti+4].c1cc[cH-]c1.c1cc[cH-]c1. The molecule has 0 radical (unpaired) electrons. The zero-order valence-electron chi connectivity index (χ0n) is 24.9. The zero-order chi connectivity index (χ0) is 31.3. The van der Waals surface area contributed by atoms with E-state index in [1.165, 1.54) is 12.1 Å². The Hall–Kier alpha value is -3.49. The van der Waals surface area contributed by atoms with Crippen LogP contribution < -0.4 is 10.6 Å². The minimum absolute atomic E-state index is 0. The third-order valence-electron chi connectivity index (χ3n) is 6.06. The van der Waals surface area contributed by atoms with Crippen LogP contribution >= 0.6 is 0 Å². The van der Waals surface area contributed by atoms with Gasteiger partial charge in [0, 0.05) is 35.1 Å². The summed E-state index contributed by atoms with van der Waals surface area (Å²) in [5.41, 5.74) is -0.0587. The average Bonchev–Trinajstić information content (AvgIpc) is 3.74. The van der Waals surface area contributed by atoms with Gasteiger partial charge in [-0.05, 0) is 37.1 Å². The third-order valence-corrected chi connectivity index (χ3v) is 6.06. The number of anilines is 2. The normalized spacial score (nSPS) is 9.72. The van der Waals surface area contributed by atoms with E-state index in [1.54, 1.807) is 0 Å². The van der Waals surface area contributed by atoms with Crippen molar-refractivity contribution in [2.24, 2.45) is 11.8 Å². The first kappa shape index (κ1) is 39.5. The number of rotatable bonds is 8. The molecule has 0 saturated carbocycles. The summed E-state index contributed by atoms with van der Waals surface area (Å²) in [6.07, 6.45) is 2.76. The molecule has 0 unspecified atom stereocenters. The molecule has 0 saturated heterocycles. The Morgan fingerprint density at radius 3 is 1.14 bits per heavy atom. The number of halogens is 4. The molecular weight excluding hydrogens is 592 g/mol. The Labute approximate surface area is 267 Å². The molecule has 0 heterocycles. The third kappa shape index (κ3) is 16.1. The monoisotopic (exact) mass is 630 g/mol. The van der Waals surface area contributed by atoms with Crippen molar-refractivity contribution in [1.29, 1.82) is 0 Å². The first-order chi connectivity index (χ1) is 20.2. The Morgan fingerprint density at radius 2 is 0.930 bits per heavy atom. The van der Waals surface area contributed by atoms with Crippen LogP contribution in [0.5, 0.6) is 0 Å². The van der Waals surface area contributed by atoms with Crippen LogP contribution in [0.3, 0.4) is 0 Å². The van der Waals surface area contributed by atoms with Crippen LogP contribution in [0.15, 0.2) is 84.9 Å². The molecule has 228 valence electrons. The van der Waals surface area contributed by atoms with Crippen molar-refractivity contribution in [3.8, 4) is 0 Å². The predicted octanol–water partition coefficient (Wildman–Crippen LogP) is 9.09. The standard InChI is InChI=1S/2C12H14F2NO.2C5H5.Ti/c2*1-3-8(4-2)12(16)15-11-6-5-9(13)7-10(11)14;2*1-2-4-5-3-1;/h2*5-6,8H,3-4H2,1-2H3,(H,15,16);2*1-5H;/q4*-1;+4. The van der Waals surface area contributed by atoms with Crippen molar-refractivity contribution in [2.75, 3.05) is 10.6 Å². The number of hydrogen-bond acceptors (Lipinski definition) is 2. The molecule has 0 aromatic heterocycles. The van der Waals surface area contributed by atoms with Gasteiger partial charge in [-0.15, -0.1) is 36.4 Å². The van der Waals surface area contributed by atoms with Crippen molar-refractivity contribution in [2.45, 2.75) is 53.4 Å². The van der Waals surface area contributed by atoms with Gasteiger partial charge in [-0.2, -0.15) is 36.4 Å². The summed E-state index contributed by atoms with van der Waals surface area (Å²) < 4.78 is 51.5. The fourth-order valence-electron chi connectivity index (χ4n) is 3.51. The molecule has 2 N–H and O–H groups in total. The van der Waals surface area contributed by atoms with Crippen LogP contribution in [0.1, 0.15) is 53.4 Å². The summed E-state index contributed by atoms with van der Waals surface area (Å²) in [6, 6.07) is 28.3. The van der Waals surface area contributed by atoms with Crippen LogP contribution in [-0.4, -0.2) is 11.8 Å². The van der Waals surface area contributed by atoms with Crippen molar-refractivity contribution in [3.63, 3.8) is 0 Å². The summed E-state index contributed by atoms with van der Waals surface area (Å²) in [4.78, 5) is 23.3. The van der Waals surface area contributed by atoms with E-state index in [1.807, 2.05) is 100 Å². The topological polar surface area (TPSA) is 58.2 Å². The van der Waals surface area contributed by atoms with E-state index in [0.717, 1.165) is 12.1 Å². The summed E-state index contributed by atoms with van der Waals surface area (Å²) >= 11 is 0. The first-order valence-corrected chi connectivity index (χ1v) is 13.9. The number of benzene rings is 2.